The smallest absolute Gasteiger partial charge is 0.266 e. The van der Waals surface area contributed by atoms with Crippen molar-refractivity contribution in [1.29, 1.82) is 5.26 Å². The van der Waals surface area contributed by atoms with Crippen molar-refractivity contribution in [1.82, 2.24) is 14.8 Å². The van der Waals surface area contributed by atoms with Crippen molar-refractivity contribution < 1.29 is 4.79 Å². The van der Waals surface area contributed by atoms with Crippen LogP contribution in [0.2, 0.25) is 0 Å². The summed E-state index contributed by atoms with van der Waals surface area (Å²) in [6.07, 6.45) is 0.863. The normalized spacial score (nSPS) is 17.4. The van der Waals surface area contributed by atoms with Crippen molar-refractivity contribution in [3.8, 4) is 6.07 Å². The number of aromatic nitrogens is 1. The molecule has 1 saturated heterocycles. The second-order valence-corrected chi connectivity index (χ2v) is 7.45. The van der Waals surface area contributed by atoms with Crippen LogP contribution in [0.3, 0.4) is 0 Å². The van der Waals surface area contributed by atoms with Crippen molar-refractivity contribution in [2.24, 2.45) is 0 Å². The van der Waals surface area contributed by atoms with Crippen molar-refractivity contribution in [2.45, 2.75) is 32.7 Å². The zero-order chi connectivity index (χ0) is 20.3. The zero-order valence-electron chi connectivity index (χ0n) is 16.7. The highest BCUT2D eigenvalue weighted by Gasteiger charge is 2.30. The number of aryl methyl sites for hydroxylation is 1. The molecule has 1 aromatic carbocycles. The molecule has 0 bridgehead atoms. The van der Waals surface area contributed by atoms with Gasteiger partial charge in [0.1, 0.15) is 11.6 Å². The summed E-state index contributed by atoms with van der Waals surface area (Å²) in [5, 5.41) is 9.23. The maximum Gasteiger partial charge on any atom is 0.266 e. The van der Waals surface area contributed by atoms with Gasteiger partial charge in [0, 0.05) is 31.7 Å². The fourth-order valence-electron chi connectivity index (χ4n) is 3.97. The average molecular weight is 378 g/mol. The highest BCUT2D eigenvalue weighted by molar-refractivity contribution is 5.77. The number of nitriles is 1. The molecule has 1 N–H and O–H groups in total. The SMILES string of the molecule is Cc1[nH]c(=O)c(C#N)c(C)c1CCC(=O)N1CCN(C)CC1c1ccccc1. The number of likely N-dealkylation sites (N-methyl/N-ethyl adjacent to an activating group) is 1. The van der Waals surface area contributed by atoms with E-state index in [0.29, 0.717) is 24.9 Å². The number of pyridine rings is 1. The first-order chi connectivity index (χ1) is 13.4. The van der Waals surface area contributed by atoms with Crippen LogP contribution in [0.15, 0.2) is 35.1 Å². The number of amides is 1. The number of nitrogens with zero attached hydrogens (tertiary/aromatic N) is 3. The molecular weight excluding hydrogens is 352 g/mol. The van der Waals surface area contributed by atoms with E-state index in [1.165, 1.54) is 0 Å². The molecule has 1 unspecified atom stereocenters. The second kappa shape index (κ2) is 8.41. The molecule has 1 aliphatic rings. The predicted molar refractivity (Wildman–Crippen MR) is 108 cm³/mol. The summed E-state index contributed by atoms with van der Waals surface area (Å²) in [7, 11) is 2.08. The van der Waals surface area contributed by atoms with Gasteiger partial charge in [0.2, 0.25) is 5.91 Å². The van der Waals surface area contributed by atoms with Gasteiger partial charge >= 0.3 is 0 Å². The van der Waals surface area contributed by atoms with Gasteiger partial charge in [-0.3, -0.25) is 9.59 Å². The number of carbonyl (C=O) groups is 1. The molecule has 0 radical (unpaired) electrons. The van der Waals surface area contributed by atoms with Crippen LogP contribution in [0.4, 0.5) is 0 Å². The molecule has 28 heavy (non-hydrogen) atoms. The van der Waals surface area contributed by atoms with E-state index in [-0.39, 0.29) is 23.1 Å². The van der Waals surface area contributed by atoms with E-state index in [1.54, 1.807) is 6.92 Å². The van der Waals surface area contributed by atoms with Crippen molar-refractivity contribution >= 4 is 5.91 Å². The van der Waals surface area contributed by atoms with E-state index in [1.807, 2.05) is 36.1 Å². The van der Waals surface area contributed by atoms with Gasteiger partial charge in [-0.1, -0.05) is 30.3 Å². The van der Waals surface area contributed by atoms with E-state index in [9.17, 15) is 14.9 Å². The Labute approximate surface area is 165 Å². The first-order valence-corrected chi connectivity index (χ1v) is 9.57. The minimum absolute atomic E-state index is 0.0416. The molecule has 0 aliphatic carbocycles. The molecule has 1 amide bonds. The molecule has 1 atom stereocenters. The summed E-state index contributed by atoms with van der Waals surface area (Å²) in [4.78, 5) is 31.9. The van der Waals surface area contributed by atoms with Crippen LogP contribution in [0.25, 0.3) is 0 Å². The Bertz CT molecular complexity index is 959. The number of hydrogen-bond acceptors (Lipinski definition) is 4. The Hall–Kier alpha value is -2.91. The summed E-state index contributed by atoms with van der Waals surface area (Å²) in [6, 6.07) is 12.1. The number of carbonyl (C=O) groups excluding carboxylic acids is 1. The third-order valence-electron chi connectivity index (χ3n) is 5.60. The molecule has 146 valence electrons. The molecule has 6 nitrogen and oxygen atoms in total. The minimum Gasteiger partial charge on any atom is -0.333 e. The highest BCUT2D eigenvalue weighted by Crippen LogP contribution is 2.26. The third kappa shape index (κ3) is 4.00. The number of nitrogens with one attached hydrogen (secondary N) is 1. The van der Waals surface area contributed by atoms with E-state index in [4.69, 9.17) is 0 Å². The van der Waals surface area contributed by atoms with Crippen LogP contribution in [0.5, 0.6) is 0 Å². The van der Waals surface area contributed by atoms with Crippen LogP contribution in [0, 0.1) is 25.2 Å². The highest BCUT2D eigenvalue weighted by atomic mass is 16.2. The van der Waals surface area contributed by atoms with Crippen molar-refractivity contribution in [3.05, 3.63) is 68.6 Å². The molecule has 0 spiro atoms. The number of H-pyrrole nitrogens is 1. The minimum atomic E-state index is -0.365. The second-order valence-electron chi connectivity index (χ2n) is 7.45. The average Bonchev–Trinajstić information content (AvgIpc) is 2.68. The largest absolute Gasteiger partial charge is 0.333 e. The predicted octanol–water partition coefficient (Wildman–Crippen LogP) is 2.31. The Morgan fingerprint density at radius 2 is 1.96 bits per heavy atom. The summed E-state index contributed by atoms with van der Waals surface area (Å²) in [5.41, 5.74) is 3.20. The van der Waals surface area contributed by atoms with E-state index in [2.05, 4.69) is 29.1 Å². The van der Waals surface area contributed by atoms with Gasteiger partial charge in [-0.15, -0.1) is 0 Å². The van der Waals surface area contributed by atoms with Crippen LogP contribution in [0.1, 0.15) is 40.4 Å². The maximum atomic E-state index is 13.1. The lowest BCUT2D eigenvalue weighted by Crippen LogP contribution is -2.49. The molecule has 1 fully saturated rings. The molecule has 1 aromatic heterocycles. The zero-order valence-corrected chi connectivity index (χ0v) is 16.7. The van der Waals surface area contributed by atoms with E-state index in [0.717, 1.165) is 29.9 Å². The van der Waals surface area contributed by atoms with Gasteiger partial charge in [0.05, 0.1) is 6.04 Å². The van der Waals surface area contributed by atoms with Gasteiger partial charge in [-0.2, -0.15) is 5.26 Å². The number of benzene rings is 1. The summed E-state index contributed by atoms with van der Waals surface area (Å²) in [6.45, 7) is 5.96. The summed E-state index contributed by atoms with van der Waals surface area (Å²) < 4.78 is 0. The first kappa shape index (κ1) is 19.8. The van der Waals surface area contributed by atoms with Crippen LogP contribution < -0.4 is 5.56 Å². The Kier molecular flexibility index (Phi) is 5.96. The van der Waals surface area contributed by atoms with Crippen molar-refractivity contribution in [3.63, 3.8) is 0 Å². The number of hydrogen-bond donors (Lipinski definition) is 1. The van der Waals surface area contributed by atoms with E-state index < -0.39 is 0 Å². The topological polar surface area (TPSA) is 80.2 Å². The van der Waals surface area contributed by atoms with Gasteiger partial charge in [0.15, 0.2) is 0 Å². The Morgan fingerprint density at radius 3 is 2.64 bits per heavy atom. The maximum absolute atomic E-state index is 13.1. The monoisotopic (exact) mass is 378 g/mol. The van der Waals surface area contributed by atoms with Gasteiger partial charge in [-0.05, 0) is 44.0 Å². The van der Waals surface area contributed by atoms with Gasteiger partial charge in [-0.25, -0.2) is 0 Å². The van der Waals surface area contributed by atoms with Crippen LogP contribution in [-0.2, 0) is 11.2 Å². The summed E-state index contributed by atoms with van der Waals surface area (Å²) in [5.74, 6) is 0.102. The fraction of sp³-hybridized carbons (Fsp3) is 0.409. The lowest BCUT2D eigenvalue weighted by molar-refractivity contribution is -0.136. The standard InChI is InChI=1S/C22H26N4O2/c1-15-18(16(2)24-22(28)19(15)13-23)9-10-21(27)26-12-11-25(3)14-20(26)17-7-5-4-6-8-17/h4-8,20H,9-12,14H2,1-3H3,(H,24,28). The molecular formula is C22H26N4O2. The molecule has 2 heterocycles. The summed E-state index contributed by atoms with van der Waals surface area (Å²) >= 11 is 0. The molecule has 0 saturated carbocycles. The third-order valence-corrected chi connectivity index (χ3v) is 5.60. The fourth-order valence-corrected chi connectivity index (χ4v) is 3.97. The van der Waals surface area contributed by atoms with Gasteiger partial charge < -0.3 is 14.8 Å². The first-order valence-electron chi connectivity index (χ1n) is 9.57. The van der Waals surface area contributed by atoms with Crippen molar-refractivity contribution in [2.75, 3.05) is 26.7 Å². The Balaban J connectivity index is 1.79. The lowest BCUT2D eigenvalue weighted by atomic mass is 9.97. The van der Waals surface area contributed by atoms with Crippen LogP contribution in [-0.4, -0.2) is 47.4 Å². The molecule has 6 heteroatoms. The van der Waals surface area contributed by atoms with Gasteiger partial charge in [0.25, 0.3) is 5.56 Å². The molecule has 2 aromatic rings. The van der Waals surface area contributed by atoms with E-state index >= 15 is 0 Å². The molecule has 3 rings (SSSR count). The van der Waals surface area contributed by atoms with Crippen LogP contribution >= 0.6 is 0 Å². The quantitative estimate of drug-likeness (QED) is 0.885. The molecule has 1 aliphatic heterocycles. The lowest BCUT2D eigenvalue weighted by Gasteiger charge is -2.40. The Morgan fingerprint density at radius 1 is 1.25 bits per heavy atom. The number of aromatic amines is 1. The number of piperazine rings is 1. The number of rotatable bonds is 4.